The van der Waals surface area contributed by atoms with Crippen LogP contribution in [0.1, 0.15) is 17.2 Å². The van der Waals surface area contributed by atoms with Gasteiger partial charge in [0, 0.05) is 28.0 Å². The fraction of sp³-hybridized carbons (Fsp3) is 0.211. The van der Waals surface area contributed by atoms with Gasteiger partial charge in [-0.2, -0.15) is 0 Å². The molecule has 1 aromatic heterocycles. The summed E-state index contributed by atoms with van der Waals surface area (Å²) < 4.78 is 13.4. The molecule has 130 valence electrons. The maximum absolute atomic E-state index is 6.38. The van der Waals surface area contributed by atoms with E-state index in [4.69, 9.17) is 32.7 Å². The molecule has 0 fully saturated rings. The average molecular weight is 377 g/mol. The summed E-state index contributed by atoms with van der Waals surface area (Å²) in [6, 6.07) is 13.3. The molecular formula is C19H18Cl2N2O2. The van der Waals surface area contributed by atoms with Crippen molar-refractivity contribution in [3.05, 3.63) is 82.4 Å². The highest BCUT2D eigenvalue weighted by Gasteiger charge is 2.17. The van der Waals surface area contributed by atoms with Crippen molar-refractivity contribution in [2.24, 2.45) is 0 Å². The van der Waals surface area contributed by atoms with Crippen LogP contribution in [0.25, 0.3) is 0 Å². The zero-order valence-corrected chi connectivity index (χ0v) is 15.2. The lowest BCUT2D eigenvalue weighted by Crippen LogP contribution is -2.12. The number of methoxy groups -OCH3 is 1. The molecule has 0 saturated heterocycles. The first-order valence-electron chi connectivity index (χ1n) is 7.81. The minimum absolute atomic E-state index is 0.231. The molecule has 0 aliphatic carbocycles. The lowest BCUT2D eigenvalue weighted by Gasteiger charge is -2.20. The number of rotatable bonds is 7. The van der Waals surface area contributed by atoms with Crippen LogP contribution in [0.5, 0.6) is 5.75 Å². The molecule has 2 aromatic carbocycles. The van der Waals surface area contributed by atoms with Gasteiger partial charge < -0.3 is 14.0 Å². The van der Waals surface area contributed by atoms with E-state index in [0.29, 0.717) is 23.2 Å². The molecule has 0 amide bonds. The third kappa shape index (κ3) is 4.75. The highest BCUT2D eigenvalue weighted by atomic mass is 35.5. The number of benzene rings is 2. The van der Waals surface area contributed by atoms with Crippen molar-refractivity contribution >= 4 is 23.2 Å². The Morgan fingerprint density at radius 1 is 1.16 bits per heavy atom. The van der Waals surface area contributed by atoms with Gasteiger partial charge in [0.05, 0.1) is 26.6 Å². The van der Waals surface area contributed by atoms with Crippen molar-refractivity contribution in [1.82, 2.24) is 9.55 Å². The van der Waals surface area contributed by atoms with Gasteiger partial charge in [-0.1, -0.05) is 41.4 Å². The first-order valence-corrected chi connectivity index (χ1v) is 8.56. The Hall–Kier alpha value is -2.01. The number of halogens is 2. The van der Waals surface area contributed by atoms with Crippen LogP contribution in [-0.2, 0) is 17.9 Å². The maximum Gasteiger partial charge on any atom is 0.119 e. The maximum atomic E-state index is 6.38. The molecule has 1 heterocycles. The fourth-order valence-corrected chi connectivity index (χ4v) is 3.08. The number of nitrogens with zero attached hydrogens (tertiary/aromatic N) is 2. The molecule has 0 spiro atoms. The van der Waals surface area contributed by atoms with Crippen LogP contribution >= 0.6 is 23.2 Å². The molecule has 1 unspecified atom stereocenters. The number of ether oxygens (including phenoxy) is 2. The zero-order chi connectivity index (χ0) is 17.6. The SMILES string of the molecule is COc1cccc(COC(Cn2ccnc2)c2ccc(Cl)cc2Cl)c1. The summed E-state index contributed by atoms with van der Waals surface area (Å²) in [4.78, 5) is 4.08. The smallest absolute Gasteiger partial charge is 0.119 e. The highest BCUT2D eigenvalue weighted by molar-refractivity contribution is 6.35. The van der Waals surface area contributed by atoms with Crippen molar-refractivity contribution < 1.29 is 9.47 Å². The fourth-order valence-electron chi connectivity index (χ4n) is 2.55. The Balaban J connectivity index is 1.80. The number of aromatic nitrogens is 2. The van der Waals surface area contributed by atoms with Gasteiger partial charge in [-0.05, 0) is 29.8 Å². The van der Waals surface area contributed by atoms with Gasteiger partial charge in [-0.15, -0.1) is 0 Å². The summed E-state index contributed by atoms with van der Waals surface area (Å²) in [7, 11) is 1.65. The van der Waals surface area contributed by atoms with Gasteiger partial charge in [0.2, 0.25) is 0 Å². The first-order chi connectivity index (χ1) is 12.2. The summed E-state index contributed by atoms with van der Waals surface area (Å²) in [6.45, 7) is 1.04. The van der Waals surface area contributed by atoms with Crippen molar-refractivity contribution in [2.75, 3.05) is 7.11 Å². The van der Waals surface area contributed by atoms with Crippen molar-refractivity contribution in [1.29, 1.82) is 0 Å². The minimum Gasteiger partial charge on any atom is -0.497 e. The summed E-state index contributed by atoms with van der Waals surface area (Å²) in [6.07, 6.45) is 5.16. The molecular weight excluding hydrogens is 359 g/mol. The normalized spacial score (nSPS) is 12.1. The lowest BCUT2D eigenvalue weighted by atomic mass is 10.1. The Kier molecular flexibility index (Phi) is 5.97. The molecule has 0 N–H and O–H groups in total. The Bertz CT molecular complexity index is 822. The van der Waals surface area contributed by atoms with Crippen LogP contribution < -0.4 is 4.74 Å². The number of hydrogen-bond donors (Lipinski definition) is 0. The Morgan fingerprint density at radius 3 is 2.76 bits per heavy atom. The van der Waals surface area contributed by atoms with Crippen LogP contribution in [0.3, 0.4) is 0 Å². The van der Waals surface area contributed by atoms with Gasteiger partial charge in [0.15, 0.2) is 0 Å². The van der Waals surface area contributed by atoms with Gasteiger partial charge in [-0.3, -0.25) is 0 Å². The van der Waals surface area contributed by atoms with Gasteiger partial charge in [-0.25, -0.2) is 4.98 Å². The van der Waals surface area contributed by atoms with Crippen LogP contribution in [-0.4, -0.2) is 16.7 Å². The molecule has 0 aliphatic heterocycles. The molecule has 0 saturated carbocycles. The zero-order valence-electron chi connectivity index (χ0n) is 13.7. The second kappa shape index (κ2) is 8.39. The predicted octanol–water partition coefficient (Wildman–Crippen LogP) is 5.16. The molecule has 6 heteroatoms. The number of hydrogen-bond acceptors (Lipinski definition) is 3. The first kappa shape index (κ1) is 17.8. The second-order valence-electron chi connectivity index (χ2n) is 5.58. The van der Waals surface area contributed by atoms with E-state index in [1.807, 2.05) is 47.2 Å². The molecule has 0 bridgehead atoms. The molecule has 25 heavy (non-hydrogen) atoms. The van der Waals surface area contributed by atoms with E-state index in [2.05, 4.69) is 4.98 Å². The predicted molar refractivity (Wildman–Crippen MR) is 99.2 cm³/mol. The topological polar surface area (TPSA) is 36.3 Å². The minimum atomic E-state index is -0.231. The molecule has 4 nitrogen and oxygen atoms in total. The third-order valence-electron chi connectivity index (χ3n) is 3.83. The van der Waals surface area contributed by atoms with E-state index >= 15 is 0 Å². The van der Waals surface area contributed by atoms with E-state index < -0.39 is 0 Å². The molecule has 0 aliphatic rings. The lowest BCUT2D eigenvalue weighted by molar-refractivity contribution is 0.0279. The summed E-state index contributed by atoms with van der Waals surface area (Å²) >= 11 is 12.4. The van der Waals surface area contributed by atoms with E-state index in [0.717, 1.165) is 16.9 Å². The molecule has 3 aromatic rings. The number of imidazole rings is 1. The van der Waals surface area contributed by atoms with Crippen molar-refractivity contribution in [3.8, 4) is 5.75 Å². The van der Waals surface area contributed by atoms with Crippen LogP contribution in [0.2, 0.25) is 10.0 Å². The average Bonchev–Trinajstić information content (AvgIpc) is 3.12. The standard InChI is InChI=1S/C19H18Cl2N2O2/c1-24-16-4-2-3-14(9-16)12-25-19(11-23-8-7-22-13-23)17-6-5-15(20)10-18(17)21/h2-10,13,19H,11-12H2,1H3. The Morgan fingerprint density at radius 2 is 2.04 bits per heavy atom. The molecule has 1 atom stereocenters. The summed E-state index contributed by atoms with van der Waals surface area (Å²) in [5.74, 6) is 0.803. The monoisotopic (exact) mass is 376 g/mol. The van der Waals surface area contributed by atoms with E-state index in [9.17, 15) is 0 Å². The van der Waals surface area contributed by atoms with E-state index in [-0.39, 0.29) is 6.10 Å². The third-order valence-corrected chi connectivity index (χ3v) is 4.39. The summed E-state index contributed by atoms with van der Waals surface area (Å²) in [5.41, 5.74) is 1.92. The molecule has 0 radical (unpaired) electrons. The molecule has 3 rings (SSSR count). The Labute approximate surface area is 156 Å². The van der Waals surface area contributed by atoms with Crippen molar-refractivity contribution in [2.45, 2.75) is 19.3 Å². The van der Waals surface area contributed by atoms with Gasteiger partial charge in [0.1, 0.15) is 11.9 Å². The van der Waals surface area contributed by atoms with Gasteiger partial charge in [0.25, 0.3) is 0 Å². The van der Waals surface area contributed by atoms with Crippen molar-refractivity contribution in [3.63, 3.8) is 0 Å². The highest BCUT2D eigenvalue weighted by Crippen LogP contribution is 2.30. The van der Waals surface area contributed by atoms with Crippen LogP contribution in [0.15, 0.2) is 61.2 Å². The summed E-state index contributed by atoms with van der Waals surface area (Å²) in [5, 5.41) is 1.19. The van der Waals surface area contributed by atoms with Crippen LogP contribution in [0.4, 0.5) is 0 Å². The van der Waals surface area contributed by atoms with E-state index in [1.54, 1.807) is 25.7 Å². The quantitative estimate of drug-likeness (QED) is 0.571. The largest absolute Gasteiger partial charge is 0.497 e. The van der Waals surface area contributed by atoms with Gasteiger partial charge >= 0.3 is 0 Å². The van der Waals surface area contributed by atoms with E-state index in [1.165, 1.54) is 0 Å². The second-order valence-corrected chi connectivity index (χ2v) is 6.42. The van der Waals surface area contributed by atoms with Crippen LogP contribution in [0, 0.1) is 0 Å².